The molecule has 0 bridgehead atoms. The SMILES string of the molecule is COP(=O)(Cc1ccn([C@@H]2O[C@H](CO)[C@@H](OC(=O)c3ccccc3)[C@H]2OC(=O)c2ccccc2)c(=O)c1)OC. The predicted molar refractivity (Wildman–Crippen MR) is 138 cm³/mol. The van der Waals surface area contributed by atoms with Crippen LogP contribution in [0.4, 0.5) is 0 Å². The summed E-state index contributed by atoms with van der Waals surface area (Å²) in [7, 11) is -0.946. The molecule has 1 aliphatic rings. The number of aliphatic hydroxyl groups is 1. The molecule has 1 fully saturated rings. The van der Waals surface area contributed by atoms with E-state index in [9.17, 15) is 24.1 Å². The molecule has 1 saturated heterocycles. The summed E-state index contributed by atoms with van der Waals surface area (Å²) in [6.45, 7) is -0.583. The van der Waals surface area contributed by atoms with E-state index in [-0.39, 0.29) is 17.3 Å². The molecule has 4 atom stereocenters. The van der Waals surface area contributed by atoms with Crippen molar-refractivity contribution in [3.05, 3.63) is 106 Å². The van der Waals surface area contributed by atoms with Gasteiger partial charge in [0.2, 0.25) is 0 Å². The highest BCUT2D eigenvalue weighted by atomic mass is 31.2. The van der Waals surface area contributed by atoms with Gasteiger partial charge in [0.25, 0.3) is 5.56 Å². The van der Waals surface area contributed by atoms with E-state index >= 15 is 0 Å². The average molecular weight is 557 g/mol. The molecule has 39 heavy (non-hydrogen) atoms. The lowest BCUT2D eigenvalue weighted by atomic mass is 10.1. The molecule has 0 aliphatic carbocycles. The van der Waals surface area contributed by atoms with E-state index in [1.807, 2.05) is 0 Å². The largest absolute Gasteiger partial charge is 0.452 e. The van der Waals surface area contributed by atoms with Crippen LogP contribution in [0.2, 0.25) is 0 Å². The van der Waals surface area contributed by atoms with E-state index in [0.29, 0.717) is 5.56 Å². The summed E-state index contributed by atoms with van der Waals surface area (Å²) in [4.78, 5) is 39.0. The van der Waals surface area contributed by atoms with Gasteiger partial charge in [-0.3, -0.25) is 13.9 Å². The van der Waals surface area contributed by atoms with Crippen molar-refractivity contribution in [1.29, 1.82) is 0 Å². The van der Waals surface area contributed by atoms with Crippen LogP contribution in [-0.2, 0) is 34.0 Å². The zero-order chi connectivity index (χ0) is 28.0. The first-order valence-corrected chi connectivity index (χ1v) is 13.7. The number of aromatic nitrogens is 1. The monoisotopic (exact) mass is 557 g/mol. The van der Waals surface area contributed by atoms with Gasteiger partial charge in [0.1, 0.15) is 6.10 Å². The van der Waals surface area contributed by atoms with Gasteiger partial charge in [0, 0.05) is 26.5 Å². The van der Waals surface area contributed by atoms with Crippen LogP contribution < -0.4 is 5.56 Å². The first kappa shape index (κ1) is 28.4. The molecule has 206 valence electrons. The van der Waals surface area contributed by atoms with E-state index in [0.717, 1.165) is 4.57 Å². The maximum atomic E-state index is 13.1. The number of aliphatic hydroxyl groups excluding tert-OH is 1. The Morgan fingerprint density at radius 3 is 1.92 bits per heavy atom. The first-order chi connectivity index (χ1) is 18.8. The number of esters is 2. The van der Waals surface area contributed by atoms with Crippen molar-refractivity contribution in [3.8, 4) is 0 Å². The maximum Gasteiger partial charge on any atom is 0.338 e. The number of hydrogen-bond acceptors (Lipinski definition) is 10. The van der Waals surface area contributed by atoms with Gasteiger partial charge >= 0.3 is 19.5 Å². The zero-order valence-corrected chi connectivity index (χ0v) is 22.1. The molecule has 2 aromatic carbocycles. The molecule has 2 heterocycles. The maximum absolute atomic E-state index is 13.1. The zero-order valence-electron chi connectivity index (χ0n) is 21.2. The van der Waals surface area contributed by atoms with Crippen molar-refractivity contribution in [1.82, 2.24) is 4.57 Å². The Morgan fingerprint density at radius 1 is 0.897 bits per heavy atom. The quantitative estimate of drug-likeness (QED) is 0.292. The molecule has 3 aromatic rings. The van der Waals surface area contributed by atoms with E-state index in [1.54, 1.807) is 60.7 Å². The number of benzene rings is 2. The van der Waals surface area contributed by atoms with Gasteiger partial charge in [-0.1, -0.05) is 36.4 Å². The van der Waals surface area contributed by atoms with Crippen molar-refractivity contribution in [3.63, 3.8) is 0 Å². The Hall–Kier alpha value is -3.60. The molecule has 0 radical (unpaired) electrons. The molecule has 11 nitrogen and oxygen atoms in total. The minimum absolute atomic E-state index is 0.148. The second kappa shape index (κ2) is 12.5. The smallest absolute Gasteiger partial charge is 0.338 e. The third-order valence-electron chi connectivity index (χ3n) is 6.19. The van der Waals surface area contributed by atoms with Gasteiger partial charge in [-0.25, -0.2) is 9.59 Å². The molecule has 1 aromatic heterocycles. The predicted octanol–water partition coefficient (Wildman–Crippen LogP) is 3.18. The lowest BCUT2D eigenvalue weighted by Gasteiger charge is -2.25. The van der Waals surface area contributed by atoms with E-state index < -0.39 is 56.2 Å². The highest BCUT2D eigenvalue weighted by molar-refractivity contribution is 7.52. The molecule has 0 spiro atoms. The third kappa shape index (κ3) is 6.52. The number of nitrogens with zero attached hydrogens (tertiary/aromatic N) is 1. The minimum Gasteiger partial charge on any atom is -0.452 e. The fraction of sp³-hybridized carbons (Fsp3) is 0.296. The van der Waals surface area contributed by atoms with Crippen molar-refractivity contribution >= 4 is 19.5 Å². The fourth-order valence-corrected chi connectivity index (χ4v) is 5.20. The van der Waals surface area contributed by atoms with Crippen LogP contribution >= 0.6 is 7.60 Å². The van der Waals surface area contributed by atoms with Gasteiger partial charge in [-0.05, 0) is 35.9 Å². The summed E-state index contributed by atoms with van der Waals surface area (Å²) in [5.74, 6) is -1.46. The summed E-state index contributed by atoms with van der Waals surface area (Å²) >= 11 is 0. The Balaban J connectivity index is 1.68. The van der Waals surface area contributed by atoms with E-state index in [2.05, 4.69) is 0 Å². The number of pyridine rings is 1. The van der Waals surface area contributed by atoms with Crippen LogP contribution in [0.25, 0.3) is 0 Å². The number of carbonyl (C=O) groups is 2. The second-order valence-electron chi connectivity index (χ2n) is 8.63. The van der Waals surface area contributed by atoms with Crippen molar-refractivity contribution < 1.29 is 42.5 Å². The minimum atomic E-state index is -3.44. The molecule has 0 saturated carbocycles. The number of hydrogen-bond donors (Lipinski definition) is 1. The van der Waals surface area contributed by atoms with Crippen molar-refractivity contribution in [2.45, 2.75) is 30.7 Å². The molecule has 4 rings (SSSR count). The van der Waals surface area contributed by atoms with Gasteiger partial charge in [0.15, 0.2) is 18.4 Å². The molecule has 0 unspecified atom stereocenters. The Bertz CT molecular complexity index is 1390. The summed E-state index contributed by atoms with van der Waals surface area (Å²) in [6.07, 6.45) is -3.67. The van der Waals surface area contributed by atoms with Crippen molar-refractivity contribution in [2.24, 2.45) is 0 Å². The lowest BCUT2D eigenvalue weighted by Crippen LogP contribution is -2.41. The summed E-state index contributed by atoms with van der Waals surface area (Å²) in [5, 5.41) is 10.0. The van der Waals surface area contributed by atoms with Crippen LogP contribution in [-0.4, -0.2) is 60.8 Å². The van der Waals surface area contributed by atoms with Gasteiger partial charge in [-0.2, -0.15) is 0 Å². The standard InChI is InChI=1S/C27H28NO10P/c1-34-39(33,35-2)17-18-13-14-28(22(30)15-18)25-24(38-27(32)20-11-7-4-8-12-20)23(21(16-29)36-25)37-26(31)19-9-5-3-6-10-19/h3-15,21,23-25,29H,16-17H2,1-2H3/t21-,23-,24-,25-/m1/s1. The summed E-state index contributed by atoms with van der Waals surface area (Å²) < 4.78 is 40.9. The Labute approximate surface area is 224 Å². The molecule has 0 amide bonds. The number of rotatable bonds is 10. The van der Waals surface area contributed by atoms with Crippen LogP contribution in [0.3, 0.4) is 0 Å². The highest BCUT2D eigenvalue weighted by Crippen LogP contribution is 2.49. The van der Waals surface area contributed by atoms with Gasteiger partial charge in [-0.15, -0.1) is 0 Å². The Morgan fingerprint density at radius 2 is 1.44 bits per heavy atom. The molecular formula is C27H28NO10P. The van der Waals surface area contributed by atoms with Crippen LogP contribution in [0.1, 0.15) is 32.5 Å². The molecule has 1 N–H and O–H groups in total. The highest BCUT2D eigenvalue weighted by Gasteiger charge is 2.50. The van der Waals surface area contributed by atoms with E-state index in [1.165, 1.54) is 32.5 Å². The van der Waals surface area contributed by atoms with Crippen LogP contribution in [0.15, 0.2) is 83.8 Å². The summed E-state index contributed by atoms with van der Waals surface area (Å²) in [6, 6.07) is 19.0. The third-order valence-corrected chi connectivity index (χ3v) is 8.06. The molecular weight excluding hydrogens is 529 g/mol. The molecule has 1 aliphatic heterocycles. The molecule has 12 heteroatoms. The lowest BCUT2D eigenvalue weighted by molar-refractivity contribution is -0.0598. The first-order valence-electron chi connectivity index (χ1n) is 12.0. The van der Waals surface area contributed by atoms with Gasteiger partial charge < -0.3 is 28.4 Å². The Kier molecular flexibility index (Phi) is 9.11. The normalized spacial score (nSPS) is 20.9. The number of ether oxygens (including phenoxy) is 3. The van der Waals surface area contributed by atoms with Crippen molar-refractivity contribution in [2.75, 3.05) is 20.8 Å². The van der Waals surface area contributed by atoms with Crippen LogP contribution in [0.5, 0.6) is 0 Å². The fourth-order valence-electron chi connectivity index (χ4n) is 4.15. The van der Waals surface area contributed by atoms with Gasteiger partial charge in [0.05, 0.1) is 23.9 Å². The topological polar surface area (TPSA) is 140 Å². The average Bonchev–Trinajstić information content (AvgIpc) is 3.30. The second-order valence-corrected chi connectivity index (χ2v) is 10.9. The number of carbonyl (C=O) groups excluding carboxylic acids is 2. The van der Waals surface area contributed by atoms with E-state index in [4.69, 9.17) is 23.3 Å². The van der Waals surface area contributed by atoms with Crippen LogP contribution in [0, 0.1) is 0 Å². The summed E-state index contributed by atoms with van der Waals surface area (Å²) in [5.41, 5.74) is 0.274.